The van der Waals surface area contributed by atoms with Gasteiger partial charge in [0, 0.05) is 13.0 Å². The molecule has 1 aromatic heterocycles. The third kappa shape index (κ3) is 3.27. The summed E-state index contributed by atoms with van der Waals surface area (Å²) < 4.78 is 5.58. The molecule has 2 aromatic rings. The van der Waals surface area contributed by atoms with Crippen molar-refractivity contribution in [2.24, 2.45) is 0 Å². The third-order valence-electron chi connectivity index (χ3n) is 5.10. The maximum atomic E-state index is 10.9. The van der Waals surface area contributed by atoms with Crippen LogP contribution in [0.5, 0.6) is 11.5 Å². The highest BCUT2D eigenvalue weighted by atomic mass is 16.5. The van der Waals surface area contributed by atoms with Crippen LogP contribution in [0.25, 0.3) is 10.9 Å². The maximum Gasteiger partial charge on any atom is 0.215 e. The van der Waals surface area contributed by atoms with Crippen molar-refractivity contribution in [2.45, 2.75) is 52.6 Å². The Morgan fingerprint density at radius 2 is 2.17 bits per heavy atom. The summed E-state index contributed by atoms with van der Waals surface area (Å²) in [5, 5.41) is 11.7. The van der Waals surface area contributed by atoms with E-state index in [0.29, 0.717) is 18.4 Å². The topological polar surface area (TPSA) is 48.0 Å². The number of H-pyrrole nitrogens is 1. The first kappa shape index (κ1) is 16.1. The largest absolute Gasteiger partial charge is 0.506 e. The Hall–Kier alpha value is -1.81. The van der Waals surface area contributed by atoms with Crippen LogP contribution in [0, 0.1) is 6.92 Å². The lowest BCUT2D eigenvalue weighted by molar-refractivity contribution is -0.942. The van der Waals surface area contributed by atoms with E-state index >= 15 is 0 Å². The molecule has 3 rings (SSSR count). The van der Waals surface area contributed by atoms with Crippen LogP contribution in [-0.4, -0.2) is 24.3 Å². The Kier molecular flexibility index (Phi) is 4.71. The number of aryl methyl sites for hydroxylation is 1. The second-order valence-corrected chi connectivity index (χ2v) is 6.70. The number of aromatic hydroxyl groups is 1. The maximum absolute atomic E-state index is 10.9. The first-order valence-electron chi connectivity index (χ1n) is 8.75. The first-order valence-corrected chi connectivity index (χ1v) is 8.75. The van der Waals surface area contributed by atoms with Crippen LogP contribution in [0.1, 0.15) is 44.4 Å². The van der Waals surface area contributed by atoms with E-state index in [0.717, 1.165) is 34.5 Å². The average Bonchev–Trinajstić information content (AvgIpc) is 2.54. The smallest absolute Gasteiger partial charge is 0.215 e. The summed E-state index contributed by atoms with van der Waals surface area (Å²) in [6.45, 7) is 9.04. The van der Waals surface area contributed by atoms with E-state index in [2.05, 4.69) is 18.8 Å². The molecule has 1 aliphatic rings. The number of aromatic nitrogens is 1. The third-order valence-corrected chi connectivity index (χ3v) is 5.10. The number of piperidine rings is 1. The number of nitrogens with one attached hydrogen (secondary N) is 2. The SMILES string of the molecule is CCOc1ccc2[nH+]c(C)c(C[NH+]3CCCCC3C)c(O)c2c1. The molecule has 0 amide bonds. The summed E-state index contributed by atoms with van der Waals surface area (Å²) in [6, 6.07) is 6.52. The normalized spacial score (nSPS) is 21.5. The fraction of sp³-hybridized carbons (Fsp3) is 0.526. The van der Waals surface area contributed by atoms with Crippen LogP contribution in [0.4, 0.5) is 0 Å². The standard InChI is InChI=1S/C19H26N2O2/c1-4-23-15-8-9-18-16(11-15)19(22)17(14(3)20-18)12-21-10-6-5-7-13(21)2/h8-9,11,13H,4-7,10,12H2,1-3H3,(H,20,22)/p+2. The van der Waals surface area contributed by atoms with Crippen molar-refractivity contribution in [3.05, 3.63) is 29.5 Å². The van der Waals surface area contributed by atoms with Gasteiger partial charge in [0.15, 0.2) is 5.69 Å². The monoisotopic (exact) mass is 316 g/mol. The van der Waals surface area contributed by atoms with E-state index in [1.807, 2.05) is 25.1 Å². The van der Waals surface area contributed by atoms with Crippen LogP contribution < -0.4 is 14.6 Å². The van der Waals surface area contributed by atoms with Gasteiger partial charge >= 0.3 is 0 Å². The minimum Gasteiger partial charge on any atom is -0.506 e. The molecule has 0 spiro atoms. The molecule has 1 fully saturated rings. The summed E-state index contributed by atoms with van der Waals surface area (Å²) in [5.74, 6) is 1.21. The molecule has 124 valence electrons. The summed E-state index contributed by atoms with van der Waals surface area (Å²) in [7, 11) is 0. The Bertz CT molecular complexity index is 699. The molecule has 2 unspecified atom stereocenters. The number of pyridine rings is 1. The van der Waals surface area contributed by atoms with Gasteiger partial charge < -0.3 is 14.7 Å². The van der Waals surface area contributed by atoms with Gasteiger partial charge in [0.1, 0.15) is 23.6 Å². The fourth-order valence-electron chi connectivity index (χ4n) is 3.66. The van der Waals surface area contributed by atoms with Gasteiger partial charge in [0.25, 0.3) is 0 Å². The van der Waals surface area contributed by atoms with Gasteiger partial charge in [0.05, 0.1) is 24.6 Å². The Morgan fingerprint density at radius 1 is 1.35 bits per heavy atom. The van der Waals surface area contributed by atoms with Crippen LogP contribution >= 0.6 is 0 Å². The molecule has 0 radical (unpaired) electrons. The number of aromatic amines is 1. The van der Waals surface area contributed by atoms with Gasteiger partial charge in [-0.15, -0.1) is 0 Å². The molecular formula is C19H28N2O2+2. The molecule has 0 aliphatic carbocycles. The highest BCUT2D eigenvalue weighted by Gasteiger charge is 2.27. The first-order chi connectivity index (χ1) is 11.1. The van der Waals surface area contributed by atoms with Crippen LogP contribution in [0.2, 0.25) is 0 Å². The number of likely N-dealkylation sites (tertiary alicyclic amines) is 1. The number of hydrogen-bond acceptors (Lipinski definition) is 2. The minimum absolute atomic E-state index is 0.406. The molecule has 1 aliphatic heterocycles. The average molecular weight is 316 g/mol. The van der Waals surface area contributed by atoms with Crippen molar-refractivity contribution < 1.29 is 19.7 Å². The molecule has 23 heavy (non-hydrogen) atoms. The molecule has 0 saturated carbocycles. The number of hydrogen-bond donors (Lipinski definition) is 2. The number of ether oxygens (including phenoxy) is 1. The minimum atomic E-state index is 0.406. The molecule has 1 saturated heterocycles. The summed E-state index contributed by atoms with van der Waals surface area (Å²) in [4.78, 5) is 5.02. The highest BCUT2D eigenvalue weighted by molar-refractivity contribution is 5.84. The zero-order valence-electron chi connectivity index (χ0n) is 14.4. The fourth-order valence-corrected chi connectivity index (χ4v) is 3.66. The van der Waals surface area contributed by atoms with Gasteiger partial charge in [-0.2, -0.15) is 0 Å². The predicted octanol–water partition coefficient (Wildman–Crippen LogP) is 2.02. The highest BCUT2D eigenvalue weighted by Crippen LogP contribution is 2.30. The van der Waals surface area contributed by atoms with Crippen LogP contribution in [-0.2, 0) is 6.54 Å². The van der Waals surface area contributed by atoms with E-state index in [1.54, 1.807) is 4.90 Å². The molecule has 2 atom stereocenters. The second kappa shape index (κ2) is 6.75. The van der Waals surface area contributed by atoms with Crippen LogP contribution in [0.3, 0.4) is 0 Å². The van der Waals surface area contributed by atoms with Crippen molar-refractivity contribution in [1.82, 2.24) is 0 Å². The number of quaternary nitrogens is 1. The van der Waals surface area contributed by atoms with E-state index in [9.17, 15) is 5.11 Å². The summed E-state index contributed by atoms with van der Waals surface area (Å²) in [6.07, 6.45) is 3.89. The molecule has 0 bridgehead atoms. The zero-order chi connectivity index (χ0) is 16.4. The van der Waals surface area contributed by atoms with Crippen molar-refractivity contribution in [3.8, 4) is 11.5 Å². The Balaban J connectivity index is 1.98. The lowest BCUT2D eigenvalue weighted by Gasteiger charge is -2.30. The predicted molar refractivity (Wildman–Crippen MR) is 90.9 cm³/mol. The Morgan fingerprint density at radius 3 is 2.91 bits per heavy atom. The lowest BCUT2D eigenvalue weighted by Crippen LogP contribution is -3.15. The summed E-state index contributed by atoms with van der Waals surface area (Å²) >= 11 is 0. The lowest BCUT2D eigenvalue weighted by atomic mass is 10.0. The number of rotatable bonds is 4. The molecule has 2 heterocycles. The van der Waals surface area contributed by atoms with Gasteiger partial charge in [-0.3, -0.25) is 0 Å². The van der Waals surface area contributed by atoms with E-state index < -0.39 is 0 Å². The van der Waals surface area contributed by atoms with E-state index in [1.165, 1.54) is 25.8 Å². The zero-order valence-corrected chi connectivity index (χ0v) is 14.4. The van der Waals surface area contributed by atoms with Gasteiger partial charge in [-0.1, -0.05) is 0 Å². The number of benzene rings is 1. The molecule has 3 N–H and O–H groups in total. The van der Waals surface area contributed by atoms with E-state index in [-0.39, 0.29) is 0 Å². The molecule has 4 nitrogen and oxygen atoms in total. The van der Waals surface area contributed by atoms with Crippen molar-refractivity contribution in [2.75, 3.05) is 13.2 Å². The van der Waals surface area contributed by atoms with Gasteiger partial charge in [0.2, 0.25) is 5.52 Å². The number of fused-ring (bicyclic) bond motifs is 1. The quantitative estimate of drug-likeness (QED) is 0.907. The molecule has 1 aromatic carbocycles. The van der Waals surface area contributed by atoms with Crippen molar-refractivity contribution >= 4 is 10.9 Å². The van der Waals surface area contributed by atoms with Gasteiger partial charge in [-0.25, -0.2) is 4.98 Å². The van der Waals surface area contributed by atoms with E-state index in [4.69, 9.17) is 4.74 Å². The summed E-state index contributed by atoms with van der Waals surface area (Å²) in [5.41, 5.74) is 3.05. The second-order valence-electron chi connectivity index (χ2n) is 6.70. The van der Waals surface area contributed by atoms with Gasteiger partial charge in [-0.05, 0) is 45.2 Å². The van der Waals surface area contributed by atoms with Crippen LogP contribution in [0.15, 0.2) is 18.2 Å². The van der Waals surface area contributed by atoms with Crippen molar-refractivity contribution in [3.63, 3.8) is 0 Å². The van der Waals surface area contributed by atoms with Crippen molar-refractivity contribution in [1.29, 1.82) is 0 Å². The Labute approximate surface area is 138 Å². The molecule has 4 heteroatoms. The molecular weight excluding hydrogens is 288 g/mol.